The van der Waals surface area contributed by atoms with E-state index < -0.39 is 34.7 Å². The van der Waals surface area contributed by atoms with E-state index >= 15 is 0 Å². The molecule has 152 valence electrons. The molecule has 0 radical (unpaired) electrons. The fraction of sp³-hybridized carbons (Fsp3) is 0.250. The SMILES string of the molecule is CCn1c(-c2ccc(C(N)=O)cc2)nnc1C(C)(C)Oc1c(F)cc(F)cc1F. The molecule has 1 amide bonds. The van der Waals surface area contributed by atoms with Crippen LogP contribution in [0, 0.1) is 17.5 Å². The maximum Gasteiger partial charge on any atom is 0.248 e. The first-order valence-electron chi connectivity index (χ1n) is 8.81. The van der Waals surface area contributed by atoms with E-state index in [4.69, 9.17) is 10.5 Å². The number of hydrogen-bond acceptors (Lipinski definition) is 4. The molecule has 0 saturated heterocycles. The van der Waals surface area contributed by atoms with Crippen LogP contribution in [0.15, 0.2) is 36.4 Å². The first-order valence-corrected chi connectivity index (χ1v) is 8.81. The summed E-state index contributed by atoms with van der Waals surface area (Å²) in [6, 6.07) is 7.57. The van der Waals surface area contributed by atoms with Crippen molar-refractivity contribution < 1.29 is 22.7 Å². The Morgan fingerprint density at radius 1 is 1.10 bits per heavy atom. The molecule has 1 heterocycles. The van der Waals surface area contributed by atoms with Gasteiger partial charge in [-0.1, -0.05) is 12.1 Å². The quantitative estimate of drug-likeness (QED) is 0.678. The highest BCUT2D eigenvalue weighted by molar-refractivity contribution is 5.93. The van der Waals surface area contributed by atoms with Gasteiger partial charge in [-0.15, -0.1) is 10.2 Å². The summed E-state index contributed by atoms with van der Waals surface area (Å²) in [7, 11) is 0. The van der Waals surface area contributed by atoms with Crippen LogP contribution < -0.4 is 10.5 Å². The van der Waals surface area contributed by atoms with Gasteiger partial charge in [-0.05, 0) is 32.9 Å². The summed E-state index contributed by atoms with van der Waals surface area (Å²) in [6.07, 6.45) is 0. The van der Waals surface area contributed by atoms with Gasteiger partial charge < -0.3 is 15.0 Å². The lowest BCUT2D eigenvalue weighted by Gasteiger charge is -2.26. The Labute approximate surface area is 165 Å². The molecular formula is C20H19F3N4O2. The summed E-state index contributed by atoms with van der Waals surface area (Å²) in [4.78, 5) is 11.2. The van der Waals surface area contributed by atoms with E-state index in [2.05, 4.69) is 10.2 Å². The van der Waals surface area contributed by atoms with Gasteiger partial charge >= 0.3 is 0 Å². The van der Waals surface area contributed by atoms with Crippen molar-refractivity contribution in [3.8, 4) is 17.1 Å². The zero-order chi connectivity index (χ0) is 21.3. The minimum absolute atomic E-state index is 0.317. The molecule has 9 heteroatoms. The molecule has 3 rings (SSSR count). The van der Waals surface area contributed by atoms with Gasteiger partial charge in [-0.25, -0.2) is 13.2 Å². The number of primary amides is 1. The number of carbonyl (C=O) groups is 1. The molecule has 0 atom stereocenters. The summed E-state index contributed by atoms with van der Waals surface area (Å²) in [5.74, 6) is -3.79. The molecule has 0 unspecified atom stereocenters. The van der Waals surface area contributed by atoms with Crippen molar-refractivity contribution in [3.05, 3.63) is 65.2 Å². The van der Waals surface area contributed by atoms with Crippen LogP contribution in [0.25, 0.3) is 11.4 Å². The van der Waals surface area contributed by atoms with Gasteiger partial charge in [0.1, 0.15) is 5.82 Å². The van der Waals surface area contributed by atoms with Crippen molar-refractivity contribution in [3.63, 3.8) is 0 Å². The number of rotatable bonds is 6. The Balaban J connectivity index is 2.00. The Morgan fingerprint density at radius 2 is 1.69 bits per heavy atom. The number of carbonyl (C=O) groups excluding carboxylic acids is 1. The van der Waals surface area contributed by atoms with Crippen LogP contribution >= 0.6 is 0 Å². The summed E-state index contributed by atoms with van der Waals surface area (Å²) < 4.78 is 48.5. The summed E-state index contributed by atoms with van der Waals surface area (Å²) in [5.41, 5.74) is 4.99. The fourth-order valence-electron chi connectivity index (χ4n) is 2.97. The maximum absolute atomic E-state index is 14.0. The Hall–Kier alpha value is -3.36. The molecule has 6 nitrogen and oxygen atoms in total. The van der Waals surface area contributed by atoms with E-state index in [9.17, 15) is 18.0 Å². The van der Waals surface area contributed by atoms with Crippen LogP contribution in [-0.4, -0.2) is 20.7 Å². The van der Waals surface area contributed by atoms with E-state index in [0.717, 1.165) is 0 Å². The Morgan fingerprint density at radius 3 is 2.21 bits per heavy atom. The minimum atomic E-state index is -1.28. The van der Waals surface area contributed by atoms with Gasteiger partial charge in [-0.3, -0.25) is 4.79 Å². The van der Waals surface area contributed by atoms with Crippen molar-refractivity contribution in [1.29, 1.82) is 0 Å². The van der Waals surface area contributed by atoms with Gasteiger partial charge in [0, 0.05) is 29.8 Å². The lowest BCUT2D eigenvalue weighted by molar-refractivity contribution is 0.0824. The minimum Gasteiger partial charge on any atom is -0.474 e. The number of benzene rings is 2. The molecule has 0 aliphatic rings. The van der Waals surface area contributed by atoms with Crippen LogP contribution in [0.3, 0.4) is 0 Å². The fourth-order valence-corrected chi connectivity index (χ4v) is 2.97. The highest BCUT2D eigenvalue weighted by atomic mass is 19.1. The molecule has 0 bridgehead atoms. The monoisotopic (exact) mass is 404 g/mol. The Kier molecular flexibility index (Phi) is 5.32. The molecule has 2 N–H and O–H groups in total. The number of nitrogens with two attached hydrogens (primary N) is 1. The lowest BCUT2D eigenvalue weighted by Crippen LogP contribution is -2.30. The smallest absolute Gasteiger partial charge is 0.248 e. The molecule has 2 aromatic carbocycles. The zero-order valence-corrected chi connectivity index (χ0v) is 16.0. The number of nitrogens with zero attached hydrogens (tertiary/aromatic N) is 3. The normalized spacial score (nSPS) is 11.5. The van der Waals surface area contributed by atoms with Crippen LogP contribution in [0.1, 0.15) is 37.0 Å². The molecule has 0 saturated carbocycles. The molecular weight excluding hydrogens is 385 g/mol. The van der Waals surface area contributed by atoms with Crippen molar-refractivity contribution >= 4 is 5.91 Å². The number of hydrogen-bond donors (Lipinski definition) is 1. The predicted octanol–water partition coefficient (Wildman–Crippen LogP) is 3.80. The van der Waals surface area contributed by atoms with Crippen molar-refractivity contribution in [2.45, 2.75) is 32.9 Å². The van der Waals surface area contributed by atoms with E-state index in [1.165, 1.54) is 0 Å². The molecule has 0 aliphatic carbocycles. The van der Waals surface area contributed by atoms with Gasteiger partial charge in [0.05, 0.1) is 0 Å². The molecule has 29 heavy (non-hydrogen) atoms. The van der Waals surface area contributed by atoms with Crippen LogP contribution in [0.2, 0.25) is 0 Å². The number of halogens is 3. The van der Waals surface area contributed by atoms with E-state index in [0.29, 0.717) is 41.5 Å². The summed E-state index contributed by atoms with van der Waals surface area (Å²) in [5, 5.41) is 8.31. The van der Waals surface area contributed by atoms with Gasteiger partial charge in [-0.2, -0.15) is 0 Å². The van der Waals surface area contributed by atoms with Gasteiger partial charge in [0.25, 0.3) is 0 Å². The third kappa shape index (κ3) is 3.94. The zero-order valence-electron chi connectivity index (χ0n) is 16.0. The van der Waals surface area contributed by atoms with Crippen LogP contribution in [0.5, 0.6) is 5.75 Å². The first-order chi connectivity index (χ1) is 13.6. The Bertz CT molecular complexity index is 1040. The average Bonchev–Trinajstić information content (AvgIpc) is 3.10. The van der Waals surface area contributed by atoms with Gasteiger partial charge in [0.2, 0.25) is 5.91 Å². The molecule has 0 spiro atoms. The second kappa shape index (κ2) is 7.57. The summed E-state index contributed by atoms with van der Waals surface area (Å²) in [6.45, 7) is 5.44. The summed E-state index contributed by atoms with van der Waals surface area (Å²) >= 11 is 0. The van der Waals surface area contributed by atoms with E-state index in [1.807, 2.05) is 6.92 Å². The first kappa shape index (κ1) is 20.4. The second-order valence-corrected chi connectivity index (χ2v) is 6.84. The van der Waals surface area contributed by atoms with Gasteiger partial charge in [0.15, 0.2) is 34.6 Å². The second-order valence-electron chi connectivity index (χ2n) is 6.84. The third-order valence-corrected chi connectivity index (χ3v) is 4.35. The van der Waals surface area contributed by atoms with E-state index in [1.54, 1.807) is 42.7 Å². The van der Waals surface area contributed by atoms with Crippen molar-refractivity contribution in [2.24, 2.45) is 5.73 Å². The molecule has 3 aromatic rings. The van der Waals surface area contributed by atoms with Crippen molar-refractivity contribution in [2.75, 3.05) is 0 Å². The standard InChI is InChI=1S/C20H19F3N4O2/c1-4-27-18(12-7-5-11(6-8-12)17(24)28)25-26-19(27)20(2,3)29-16-14(22)9-13(21)10-15(16)23/h5-10H,4H2,1-3H3,(H2,24,28). The molecule has 1 aromatic heterocycles. The average molecular weight is 404 g/mol. The topological polar surface area (TPSA) is 83.0 Å². The third-order valence-electron chi connectivity index (χ3n) is 4.35. The molecule has 0 aliphatic heterocycles. The van der Waals surface area contributed by atoms with Crippen LogP contribution in [0.4, 0.5) is 13.2 Å². The number of ether oxygens (including phenoxy) is 1. The maximum atomic E-state index is 14.0. The van der Waals surface area contributed by atoms with Crippen LogP contribution in [-0.2, 0) is 12.1 Å². The highest BCUT2D eigenvalue weighted by Crippen LogP contribution is 2.33. The van der Waals surface area contributed by atoms with Crippen molar-refractivity contribution in [1.82, 2.24) is 14.8 Å². The number of aromatic nitrogens is 3. The lowest BCUT2D eigenvalue weighted by atomic mass is 10.1. The highest BCUT2D eigenvalue weighted by Gasteiger charge is 2.33. The number of amides is 1. The largest absolute Gasteiger partial charge is 0.474 e. The predicted molar refractivity (Wildman–Crippen MR) is 99.6 cm³/mol. The molecule has 0 fully saturated rings. The van der Waals surface area contributed by atoms with E-state index in [-0.39, 0.29) is 0 Å².